The average Bonchev–Trinajstić information content (AvgIpc) is 3.14. The van der Waals surface area contributed by atoms with E-state index in [9.17, 15) is 18.0 Å². The van der Waals surface area contributed by atoms with Crippen molar-refractivity contribution in [3.05, 3.63) is 83.7 Å². The number of carbonyl (C=O) groups excluding carboxylic acids is 1. The lowest BCUT2D eigenvalue weighted by atomic mass is 10.0. The second-order valence-electron chi connectivity index (χ2n) is 7.03. The van der Waals surface area contributed by atoms with E-state index in [2.05, 4.69) is 15.3 Å². The van der Waals surface area contributed by atoms with Crippen molar-refractivity contribution in [1.82, 2.24) is 9.97 Å². The summed E-state index contributed by atoms with van der Waals surface area (Å²) in [5, 5.41) is 2.83. The number of benzene rings is 3. The van der Waals surface area contributed by atoms with E-state index >= 15 is 0 Å². The molecule has 4 rings (SSSR count). The maximum Gasteiger partial charge on any atom is 0.416 e. The van der Waals surface area contributed by atoms with Gasteiger partial charge in [0.25, 0.3) is 0 Å². The number of nitrogens with zero attached hydrogens (tertiary/aromatic N) is 1. The van der Waals surface area contributed by atoms with Gasteiger partial charge in [-0.05, 0) is 47.5 Å². The van der Waals surface area contributed by atoms with Crippen molar-refractivity contribution in [2.24, 2.45) is 0 Å². The van der Waals surface area contributed by atoms with Gasteiger partial charge in [0, 0.05) is 18.2 Å². The van der Waals surface area contributed by atoms with Crippen LogP contribution in [0.5, 0.6) is 0 Å². The topological polar surface area (TPSA) is 57.8 Å². The van der Waals surface area contributed by atoms with Crippen molar-refractivity contribution in [3.63, 3.8) is 0 Å². The van der Waals surface area contributed by atoms with Crippen molar-refractivity contribution >= 4 is 34.8 Å². The van der Waals surface area contributed by atoms with E-state index in [1.54, 1.807) is 12.2 Å². The fraction of sp³-hybridized carbons (Fsp3) is 0.0833. The molecule has 1 aromatic heterocycles. The third-order valence-corrected chi connectivity index (χ3v) is 4.72. The average molecular weight is 421 g/mol. The Hall–Kier alpha value is -3.87. The highest BCUT2D eigenvalue weighted by molar-refractivity contribution is 5.95. The standard InChI is InChI=1S/C24H18F3N3O/c1-15(31)28-20-5-3-2-4-19(20)17-9-12-21-22(14-17)30-23(29-21)13-8-16-6-10-18(11-7-16)24(25,26)27/h2-14H,1H3,(H,28,31)(H,29,30). The molecule has 0 bridgehead atoms. The Morgan fingerprint density at radius 3 is 2.45 bits per heavy atom. The Morgan fingerprint density at radius 2 is 1.74 bits per heavy atom. The molecule has 0 aliphatic carbocycles. The van der Waals surface area contributed by atoms with Crippen molar-refractivity contribution in [2.75, 3.05) is 5.32 Å². The van der Waals surface area contributed by atoms with Gasteiger partial charge in [-0.2, -0.15) is 13.2 Å². The van der Waals surface area contributed by atoms with E-state index in [0.29, 0.717) is 11.4 Å². The summed E-state index contributed by atoms with van der Waals surface area (Å²) in [5.74, 6) is 0.438. The predicted molar refractivity (Wildman–Crippen MR) is 116 cm³/mol. The molecule has 4 nitrogen and oxygen atoms in total. The van der Waals surface area contributed by atoms with Crippen LogP contribution >= 0.6 is 0 Å². The first kappa shape index (κ1) is 20.4. The van der Waals surface area contributed by atoms with Crippen LogP contribution < -0.4 is 5.32 Å². The summed E-state index contributed by atoms with van der Waals surface area (Å²) >= 11 is 0. The molecule has 0 aliphatic heterocycles. The molecule has 1 amide bonds. The molecule has 2 N–H and O–H groups in total. The van der Waals surface area contributed by atoms with E-state index in [-0.39, 0.29) is 5.91 Å². The number of imidazole rings is 1. The molecule has 7 heteroatoms. The molecule has 0 unspecified atom stereocenters. The van der Waals surface area contributed by atoms with Crippen molar-refractivity contribution in [3.8, 4) is 11.1 Å². The minimum Gasteiger partial charge on any atom is -0.338 e. The van der Waals surface area contributed by atoms with Gasteiger partial charge in [0.05, 0.1) is 16.6 Å². The number of amides is 1. The molecule has 1 heterocycles. The molecule has 0 atom stereocenters. The Bertz CT molecular complexity index is 1270. The fourth-order valence-electron chi connectivity index (χ4n) is 3.27. The zero-order valence-electron chi connectivity index (χ0n) is 16.5. The molecule has 31 heavy (non-hydrogen) atoms. The number of aromatic nitrogens is 2. The maximum absolute atomic E-state index is 12.7. The van der Waals surface area contributed by atoms with Crippen LogP contribution in [0, 0.1) is 0 Å². The number of carbonyl (C=O) groups is 1. The lowest BCUT2D eigenvalue weighted by Gasteiger charge is -2.09. The number of hydrogen-bond donors (Lipinski definition) is 2. The van der Waals surface area contributed by atoms with Gasteiger partial charge in [-0.25, -0.2) is 4.98 Å². The highest BCUT2D eigenvalue weighted by atomic mass is 19.4. The Morgan fingerprint density at radius 1 is 1.00 bits per heavy atom. The van der Waals surface area contributed by atoms with Crippen LogP contribution in [0.3, 0.4) is 0 Å². The summed E-state index contributed by atoms with van der Waals surface area (Å²) in [6, 6.07) is 18.2. The summed E-state index contributed by atoms with van der Waals surface area (Å²) in [6.07, 6.45) is -0.935. The van der Waals surface area contributed by atoms with Gasteiger partial charge in [-0.15, -0.1) is 0 Å². The molecule has 0 fully saturated rings. The molecule has 0 radical (unpaired) electrons. The number of fused-ring (bicyclic) bond motifs is 1. The number of rotatable bonds is 4. The monoisotopic (exact) mass is 421 g/mol. The lowest BCUT2D eigenvalue weighted by Crippen LogP contribution is -2.06. The Balaban J connectivity index is 1.60. The van der Waals surface area contributed by atoms with Gasteiger partial charge in [0.15, 0.2) is 0 Å². The molecule has 4 aromatic rings. The molecule has 0 saturated carbocycles. The van der Waals surface area contributed by atoms with Gasteiger partial charge in [-0.1, -0.05) is 42.5 Å². The highest BCUT2D eigenvalue weighted by Crippen LogP contribution is 2.31. The summed E-state index contributed by atoms with van der Waals surface area (Å²) < 4.78 is 38.0. The molecule has 0 aliphatic rings. The smallest absolute Gasteiger partial charge is 0.338 e. The van der Waals surface area contributed by atoms with Crippen LogP contribution in [0.1, 0.15) is 23.9 Å². The van der Waals surface area contributed by atoms with Crippen molar-refractivity contribution in [1.29, 1.82) is 0 Å². The van der Waals surface area contributed by atoms with Crippen LogP contribution in [-0.2, 0) is 11.0 Å². The van der Waals surface area contributed by atoms with E-state index in [0.717, 1.165) is 40.0 Å². The molecule has 0 spiro atoms. The third kappa shape index (κ3) is 4.66. The van der Waals surface area contributed by atoms with E-state index < -0.39 is 11.7 Å². The first-order chi connectivity index (χ1) is 14.8. The number of para-hydroxylation sites is 1. The van der Waals surface area contributed by atoms with Gasteiger partial charge < -0.3 is 10.3 Å². The number of halogens is 3. The highest BCUT2D eigenvalue weighted by Gasteiger charge is 2.29. The Labute approximate surface area is 176 Å². The number of nitrogens with one attached hydrogen (secondary N) is 2. The number of H-pyrrole nitrogens is 1. The second kappa shape index (κ2) is 8.10. The van der Waals surface area contributed by atoms with Gasteiger partial charge in [0.2, 0.25) is 5.91 Å². The summed E-state index contributed by atoms with van der Waals surface area (Å²) in [7, 11) is 0. The normalized spacial score (nSPS) is 11.9. The molecule has 156 valence electrons. The first-order valence-electron chi connectivity index (χ1n) is 9.52. The molecule has 3 aromatic carbocycles. The quantitative estimate of drug-likeness (QED) is 0.402. The van der Waals surface area contributed by atoms with Crippen LogP contribution in [0.2, 0.25) is 0 Å². The predicted octanol–water partition coefficient (Wildman–Crippen LogP) is 6.38. The van der Waals surface area contributed by atoms with E-state index in [1.807, 2.05) is 42.5 Å². The third-order valence-electron chi connectivity index (χ3n) is 4.72. The second-order valence-corrected chi connectivity index (χ2v) is 7.03. The molecular formula is C24H18F3N3O. The maximum atomic E-state index is 12.7. The van der Waals surface area contributed by atoms with E-state index in [1.165, 1.54) is 19.1 Å². The minimum atomic E-state index is -4.35. The SMILES string of the molecule is CC(=O)Nc1ccccc1-c1ccc2nc(C=Cc3ccc(C(F)(F)F)cc3)[nH]c2c1. The zero-order chi connectivity index (χ0) is 22.0. The molecular weight excluding hydrogens is 403 g/mol. The number of aromatic amines is 1. The van der Waals surface area contributed by atoms with Crippen molar-refractivity contribution in [2.45, 2.75) is 13.1 Å². The van der Waals surface area contributed by atoms with Crippen LogP contribution in [0.25, 0.3) is 34.3 Å². The van der Waals surface area contributed by atoms with Crippen LogP contribution in [-0.4, -0.2) is 15.9 Å². The van der Waals surface area contributed by atoms with Crippen molar-refractivity contribution < 1.29 is 18.0 Å². The Kier molecular flexibility index (Phi) is 5.33. The molecule has 0 saturated heterocycles. The first-order valence-corrected chi connectivity index (χ1v) is 9.52. The number of hydrogen-bond acceptors (Lipinski definition) is 2. The van der Waals surface area contributed by atoms with Crippen LogP contribution in [0.15, 0.2) is 66.7 Å². The van der Waals surface area contributed by atoms with E-state index in [4.69, 9.17) is 0 Å². The summed E-state index contributed by atoms with van der Waals surface area (Å²) in [5.41, 5.74) is 4.04. The summed E-state index contributed by atoms with van der Waals surface area (Å²) in [4.78, 5) is 19.2. The fourth-order valence-corrected chi connectivity index (χ4v) is 3.27. The summed E-state index contributed by atoms with van der Waals surface area (Å²) in [6.45, 7) is 1.46. The number of alkyl halides is 3. The van der Waals surface area contributed by atoms with Gasteiger partial charge >= 0.3 is 6.18 Å². The zero-order valence-corrected chi connectivity index (χ0v) is 16.5. The van der Waals surface area contributed by atoms with Crippen LogP contribution in [0.4, 0.5) is 18.9 Å². The largest absolute Gasteiger partial charge is 0.416 e. The minimum absolute atomic E-state index is 0.147. The lowest BCUT2D eigenvalue weighted by molar-refractivity contribution is -0.137. The van der Waals surface area contributed by atoms with Gasteiger partial charge in [-0.3, -0.25) is 4.79 Å². The van der Waals surface area contributed by atoms with Gasteiger partial charge in [0.1, 0.15) is 5.82 Å². The number of anilines is 1.